The molecule has 0 aliphatic rings. The summed E-state index contributed by atoms with van der Waals surface area (Å²) >= 11 is 0. The number of rotatable bonds is 6. The third kappa shape index (κ3) is 4.65. The van der Waals surface area contributed by atoms with E-state index in [1.165, 1.54) is 0 Å². The van der Waals surface area contributed by atoms with Crippen LogP contribution in [0, 0.1) is 0 Å². The number of amides is 1. The molecule has 4 nitrogen and oxygen atoms in total. The molecule has 0 spiro atoms. The summed E-state index contributed by atoms with van der Waals surface area (Å²) in [6.07, 6.45) is 0. The van der Waals surface area contributed by atoms with Crippen molar-refractivity contribution < 1.29 is 14.3 Å². The molecule has 0 saturated carbocycles. The van der Waals surface area contributed by atoms with Gasteiger partial charge in [-0.2, -0.15) is 0 Å². The topological polar surface area (TPSA) is 55.4 Å². The fourth-order valence-corrected chi connectivity index (χ4v) is 3.04. The molecule has 0 aromatic heterocycles. The number of benzene rings is 3. The lowest BCUT2D eigenvalue weighted by Gasteiger charge is -2.14. The monoisotopic (exact) mass is 373 g/mol. The summed E-state index contributed by atoms with van der Waals surface area (Å²) in [5, 5.41) is 2.83. The number of nitrogens with one attached hydrogen (secondary N) is 1. The number of carbonyl (C=O) groups excluding carboxylic acids is 2. The quantitative estimate of drug-likeness (QED) is 0.599. The zero-order chi connectivity index (χ0) is 19.9. The average Bonchev–Trinajstić information content (AvgIpc) is 2.73. The number of esters is 1. The molecule has 0 heterocycles. The van der Waals surface area contributed by atoms with Crippen molar-refractivity contribution in [2.45, 2.75) is 19.8 Å². The Bertz CT molecular complexity index is 964. The maximum Gasteiger partial charge on any atom is 0.339 e. The van der Waals surface area contributed by atoms with Gasteiger partial charge in [-0.1, -0.05) is 80.6 Å². The van der Waals surface area contributed by atoms with Crippen LogP contribution in [-0.2, 0) is 9.53 Å². The van der Waals surface area contributed by atoms with Gasteiger partial charge in [0.1, 0.15) is 0 Å². The summed E-state index contributed by atoms with van der Waals surface area (Å²) in [5.74, 6) is -0.609. The van der Waals surface area contributed by atoms with Crippen LogP contribution in [0.1, 0.15) is 35.7 Å². The Kier molecular flexibility index (Phi) is 6.22. The van der Waals surface area contributed by atoms with Crippen LogP contribution in [0.5, 0.6) is 0 Å². The van der Waals surface area contributed by atoms with Crippen molar-refractivity contribution in [3.8, 4) is 11.1 Å². The van der Waals surface area contributed by atoms with Crippen molar-refractivity contribution in [1.29, 1.82) is 0 Å². The van der Waals surface area contributed by atoms with Crippen LogP contribution < -0.4 is 5.32 Å². The van der Waals surface area contributed by atoms with Crippen LogP contribution in [0.2, 0.25) is 0 Å². The van der Waals surface area contributed by atoms with Crippen LogP contribution in [0.15, 0.2) is 78.9 Å². The number of para-hydroxylation sites is 1. The number of carbonyl (C=O) groups is 2. The fourth-order valence-electron chi connectivity index (χ4n) is 3.04. The molecule has 3 aromatic rings. The third-order valence-electron chi connectivity index (χ3n) is 4.42. The maximum absolute atomic E-state index is 12.6. The van der Waals surface area contributed by atoms with Gasteiger partial charge in [0.05, 0.1) is 5.56 Å². The summed E-state index contributed by atoms with van der Waals surface area (Å²) in [5.41, 5.74) is 3.91. The van der Waals surface area contributed by atoms with E-state index >= 15 is 0 Å². The van der Waals surface area contributed by atoms with Gasteiger partial charge in [-0.25, -0.2) is 4.79 Å². The molecule has 0 bridgehead atoms. The zero-order valence-corrected chi connectivity index (χ0v) is 16.0. The molecule has 1 amide bonds. The highest BCUT2D eigenvalue weighted by Gasteiger charge is 2.16. The summed E-state index contributed by atoms with van der Waals surface area (Å²) in [6, 6.07) is 24.5. The highest BCUT2D eigenvalue weighted by molar-refractivity contribution is 5.99. The van der Waals surface area contributed by atoms with Crippen molar-refractivity contribution in [2.75, 3.05) is 11.9 Å². The molecule has 3 aromatic carbocycles. The van der Waals surface area contributed by atoms with E-state index in [-0.39, 0.29) is 18.4 Å². The van der Waals surface area contributed by atoms with Crippen LogP contribution in [0.4, 0.5) is 5.69 Å². The van der Waals surface area contributed by atoms with Gasteiger partial charge in [0.25, 0.3) is 5.91 Å². The Morgan fingerprint density at radius 1 is 0.857 bits per heavy atom. The van der Waals surface area contributed by atoms with Crippen molar-refractivity contribution in [3.05, 3.63) is 90.0 Å². The highest BCUT2D eigenvalue weighted by atomic mass is 16.5. The van der Waals surface area contributed by atoms with Gasteiger partial charge in [0.15, 0.2) is 6.61 Å². The van der Waals surface area contributed by atoms with Gasteiger partial charge in [-0.05, 0) is 34.7 Å². The van der Waals surface area contributed by atoms with Gasteiger partial charge in [0.2, 0.25) is 0 Å². The van der Waals surface area contributed by atoms with Crippen molar-refractivity contribution in [3.63, 3.8) is 0 Å². The SMILES string of the molecule is CC(C)c1ccccc1NC(=O)COC(=O)c1ccccc1-c1ccccc1. The Labute approximate surface area is 165 Å². The predicted molar refractivity (Wildman–Crippen MR) is 111 cm³/mol. The van der Waals surface area contributed by atoms with Crippen LogP contribution in [-0.4, -0.2) is 18.5 Å². The molecule has 0 saturated heterocycles. The van der Waals surface area contributed by atoms with Crippen molar-refractivity contribution in [2.24, 2.45) is 0 Å². The molecule has 0 radical (unpaired) electrons. The first-order valence-corrected chi connectivity index (χ1v) is 9.26. The van der Waals surface area contributed by atoms with E-state index in [1.54, 1.807) is 12.1 Å². The Hall–Kier alpha value is -3.40. The minimum absolute atomic E-state index is 0.275. The van der Waals surface area contributed by atoms with Crippen molar-refractivity contribution >= 4 is 17.6 Å². The largest absolute Gasteiger partial charge is 0.452 e. The molecule has 142 valence electrons. The second kappa shape index (κ2) is 9.00. The number of hydrogen-bond donors (Lipinski definition) is 1. The molecular weight excluding hydrogens is 350 g/mol. The fraction of sp³-hybridized carbons (Fsp3) is 0.167. The van der Waals surface area contributed by atoms with E-state index in [0.717, 1.165) is 22.4 Å². The van der Waals surface area contributed by atoms with Crippen LogP contribution in [0.25, 0.3) is 11.1 Å². The molecule has 1 N–H and O–H groups in total. The summed E-state index contributed by atoms with van der Waals surface area (Å²) in [6.45, 7) is 3.78. The summed E-state index contributed by atoms with van der Waals surface area (Å²) in [7, 11) is 0. The lowest BCUT2D eigenvalue weighted by molar-refractivity contribution is -0.119. The smallest absolute Gasteiger partial charge is 0.339 e. The number of anilines is 1. The van der Waals surface area contributed by atoms with Crippen LogP contribution in [0.3, 0.4) is 0 Å². The van der Waals surface area contributed by atoms with Gasteiger partial charge < -0.3 is 10.1 Å². The third-order valence-corrected chi connectivity index (χ3v) is 4.42. The van der Waals surface area contributed by atoms with E-state index in [9.17, 15) is 9.59 Å². The lowest BCUT2D eigenvalue weighted by atomic mass is 10.00. The van der Waals surface area contributed by atoms with Gasteiger partial charge >= 0.3 is 5.97 Å². The first kappa shape index (κ1) is 19.4. The first-order valence-electron chi connectivity index (χ1n) is 9.26. The Morgan fingerprint density at radius 2 is 1.50 bits per heavy atom. The molecule has 0 aliphatic heterocycles. The second-order valence-corrected chi connectivity index (χ2v) is 6.78. The van der Waals surface area contributed by atoms with Crippen LogP contribution >= 0.6 is 0 Å². The van der Waals surface area contributed by atoms with Gasteiger partial charge in [-0.15, -0.1) is 0 Å². The van der Waals surface area contributed by atoms with Gasteiger partial charge in [-0.3, -0.25) is 4.79 Å². The van der Waals surface area contributed by atoms with E-state index in [1.807, 2.05) is 66.7 Å². The predicted octanol–water partition coefficient (Wildman–Crippen LogP) is 5.27. The van der Waals surface area contributed by atoms with E-state index < -0.39 is 5.97 Å². The van der Waals surface area contributed by atoms with E-state index in [2.05, 4.69) is 19.2 Å². The summed E-state index contributed by atoms with van der Waals surface area (Å²) in [4.78, 5) is 24.9. The molecule has 3 rings (SSSR count). The zero-order valence-electron chi connectivity index (χ0n) is 16.0. The van der Waals surface area contributed by atoms with Crippen molar-refractivity contribution in [1.82, 2.24) is 0 Å². The number of hydrogen-bond acceptors (Lipinski definition) is 3. The Morgan fingerprint density at radius 3 is 2.25 bits per heavy atom. The Balaban J connectivity index is 1.68. The second-order valence-electron chi connectivity index (χ2n) is 6.78. The minimum atomic E-state index is -0.522. The molecule has 28 heavy (non-hydrogen) atoms. The average molecular weight is 373 g/mol. The lowest BCUT2D eigenvalue weighted by Crippen LogP contribution is -2.22. The molecule has 0 fully saturated rings. The van der Waals surface area contributed by atoms with E-state index in [4.69, 9.17) is 4.74 Å². The molecule has 0 atom stereocenters. The summed E-state index contributed by atoms with van der Waals surface area (Å²) < 4.78 is 5.27. The maximum atomic E-state index is 12.6. The molecular formula is C24H23NO3. The molecule has 4 heteroatoms. The molecule has 0 unspecified atom stereocenters. The van der Waals surface area contributed by atoms with Gasteiger partial charge in [0, 0.05) is 5.69 Å². The standard InChI is InChI=1S/C24H23NO3/c1-17(2)19-12-8-9-15-22(19)25-23(26)16-28-24(27)21-14-7-6-13-20(21)18-10-4-3-5-11-18/h3-15,17H,16H2,1-2H3,(H,25,26). The normalized spacial score (nSPS) is 10.5. The van der Waals surface area contributed by atoms with E-state index in [0.29, 0.717) is 5.56 Å². The highest BCUT2D eigenvalue weighted by Crippen LogP contribution is 2.25. The number of ether oxygens (including phenoxy) is 1. The minimum Gasteiger partial charge on any atom is -0.452 e. The first-order chi connectivity index (χ1) is 13.6. The molecule has 0 aliphatic carbocycles.